The van der Waals surface area contributed by atoms with Crippen molar-refractivity contribution >= 4 is 52.3 Å². The van der Waals surface area contributed by atoms with E-state index in [2.05, 4.69) is 0 Å². The average Bonchev–Trinajstić information content (AvgIpc) is 2.80. The molecule has 0 saturated carbocycles. The summed E-state index contributed by atoms with van der Waals surface area (Å²) in [5, 5.41) is 0.673. The summed E-state index contributed by atoms with van der Waals surface area (Å²) in [5.74, 6) is 1.57. The Hall–Kier alpha value is -1.79. The smallest absolute Gasteiger partial charge is 0.253 e. The van der Waals surface area contributed by atoms with E-state index in [1.165, 1.54) is 12.5 Å². The molecular weight excluding hydrogens is 508 g/mol. The minimum absolute atomic E-state index is 0.0574. The zero-order chi connectivity index (χ0) is 23.6. The van der Waals surface area contributed by atoms with Crippen molar-refractivity contribution in [1.82, 2.24) is 4.90 Å². The molecule has 3 rings (SSSR count). The number of halogens is 4. The number of hydrogen-bond acceptors (Lipinski definition) is 4. The third kappa shape index (κ3) is 8.18. The molecule has 9 heteroatoms. The Balaban J connectivity index is 1.45. The maximum absolute atomic E-state index is 12.7. The summed E-state index contributed by atoms with van der Waals surface area (Å²) < 4.78 is 17.1. The van der Waals surface area contributed by atoms with E-state index in [-0.39, 0.29) is 17.0 Å². The number of nitrogens with zero attached hydrogens (tertiary/aromatic N) is 1. The molecule has 0 aliphatic carbocycles. The summed E-state index contributed by atoms with van der Waals surface area (Å²) in [6.45, 7) is 2.61. The van der Waals surface area contributed by atoms with E-state index in [0.29, 0.717) is 52.5 Å². The Morgan fingerprint density at radius 2 is 1.61 bits per heavy atom. The summed E-state index contributed by atoms with van der Waals surface area (Å²) in [6, 6.07) is 10.5. The highest BCUT2D eigenvalue weighted by molar-refractivity contribution is 6.55. The molecule has 1 aliphatic rings. The van der Waals surface area contributed by atoms with Crippen LogP contribution in [0.4, 0.5) is 0 Å². The number of rotatable bonds is 10. The molecule has 33 heavy (non-hydrogen) atoms. The second-order valence-corrected chi connectivity index (χ2v) is 9.27. The molecule has 178 valence electrons. The van der Waals surface area contributed by atoms with Crippen LogP contribution in [0.2, 0.25) is 10.0 Å². The largest absolute Gasteiger partial charge is 0.493 e. The van der Waals surface area contributed by atoms with Gasteiger partial charge >= 0.3 is 0 Å². The average molecular weight is 533 g/mol. The number of benzene rings is 2. The first kappa shape index (κ1) is 25.8. The van der Waals surface area contributed by atoms with Crippen molar-refractivity contribution in [3.8, 4) is 17.2 Å². The van der Waals surface area contributed by atoms with Gasteiger partial charge in [0.15, 0.2) is 5.75 Å². The molecule has 1 heterocycles. The topological polar surface area (TPSA) is 48.0 Å². The number of piperidine rings is 1. The second-order valence-electron chi connectivity index (χ2n) is 7.45. The second kappa shape index (κ2) is 13.2. The predicted molar refractivity (Wildman–Crippen MR) is 134 cm³/mol. The van der Waals surface area contributed by atoms with E-state index in [9.17, 15) is 4.79 Å². The van der Waals surface area contributed by atoms with Crippen LogP contribution in [0.15, 0.2) is 47.0 Å². The number of carbonyl (C=O) groups excluding carboxylic acids is 1. The van der Waals surface area contributed by atoms with Gasteiger partial charge in [-0.3, -0.25) is 4.79 Å². The quantitative estimate of drug-likeness (QED) is 0.304. The summed E-state index contributed by atoms with van der Waals surface area (Å²) >= 11 is 23.7. The fourth-order valence-electron chi connectivity index (χ4n) is 3.38. The molecule has 2 aromatic carbocycles. The Morgan fingerprint density at radius 3 is 2.30 bits per heavy atom. The van der Waals surface area contributed by atoms with Crippen LogP contribution in [-0.4, -0.2) is 43.7 Å². The maximum Gasteiger partial charge on any atom is 0.253 e. The SMILES string of the molecule is O=C(c1cccc(OCCCOc2c(Cl)cc(OCC=C(Cl)Cl)cc2Cl)c1)N1CCCCC1. The Bertz CT molecular complexity index is 950. The first-order valence-corrected chi connectivity index (χ1v) is 12.2. The molecule has 1 saturated heterocycles. The van der Waals surface area contributed by atoms with Crippen molar-refractivity contribution in [2.24, 2.45) is 0 Å². The fraction of sp³-hybridized carbons (Fsp3) is 0.375. The van der Waals surface area contributed by atoms with Gasteiger partial charge < -0.3 is 19.1 Å². The molecular formula is C24H25Cl4NO4. The molecule has 0 radical (unpaired) electrons. The van der Waals surface area contributed by atoms with Crippen molar-refractivity contribution in [2.45, 2.75) is 25.7 Å². The molecule has 0 spiro atoms. The lowest BCUT2D eigenvalue weighted by Crippen LogP contribution is -2.35. The minimum atomic E-state index is 0.0574. The van der Waals surface area contributed by atoms with Gasteiger partial charge in [0.2, 0.25) is 0 Å². The molecule has 0 aromatic heterocycles. The summed E-state index contributed by atoms with van der Waals surface area (Å²) in [7, 11) is 0. The van der Waals surface area contributed by atoms with Gasteiger partial charge in [-0.05, 0) is 43.5 Å². The van der Waals surface area contributed by atoms with Gasteiger partial charge in [-0.1, -0.05) is 52.5 Å². The molecule has 2 aromatic rings. The normalized spacial score (nSPS) is 13.4. The zero-order valence-electron chi connectivity index (χ0n) is 18.0. The van der Waals surface area contributed by atoms with E-state index in [0.717, 1.165) is 25.9 Å². The summed E-state index contributed by atoms with van der Waals surface area (Å²) in [6.07, 6.45) is 5.42. The van der Waals surface area contributed by atoms with Gasteiger partial charge in [0, 0.05) is 37.2 Å². The van der Waals surface area contributed by atoms with Gasteiger partial charge in [0.05, 0.1) is 23.3 Å². The third-order valence-electron chi connectivity index (χ3n) is 4.99. The van der Waals surface area contributed by atoms with E-state index in [4.69, 9.17) is 60.6 Å². The van der Waals surface area contributed by atoms with E-state index in [1.807, 2.05) is 23.1 Å². The van der Waals surface area contributed by atoms with Crippen molar-refractivity contribution in [3.63, 3.8) is 0 Å². The predicted octanol–water partition coefficient (Wildman–Crippen LogP) is 7.17. The molecule has 1 amide bonds. The first-order valence-electron chi connectivity index (χ1n) is 10.7. The molecule has 5 nitrogen and oxygen atoms in total. The van der Waals surface area contributed by atoms with Crippen LogP contribution >= 0.6 is 46.4 Å². The molecule has 0 N–H and O–H groups in total. The lowest BCUT2D eigenvalue weighted by Gasteiger charge is -2.26. The van der Waals surface area contributed by atoms with Crippen LogP contribution in [0.25, 0.3) is 0 Å². The van der Waals surface area contributed by atoms with Crippen molar-refractivity contribution in [1.29, 1.82) is 0 Å². The number of carbonyl (C=O) groups is 1. The van der Waals surface area contributed by atoms with Crippen LogP contribution < -0.4 is 14.2 Å². The molecule has 0 atom stereocenters. The lowest BCUT2D eigenvalue weighted by molar-refractivity contribution is 0.0724. The number of ether oxygens (including phenoxy) is 3. The van der Waals surface area contributed by atoms with Crippen LogP contribution in [-0.2, 0) is 0 Å². The van der Waals surface area contributed by atoms with Gasteiger partial charge in [-0.2, -0.15) is 0 Å². The van der Waals surface area contributed by atoms with Crippen molar-refractivity contribution in [3.05, 3.63) is 62.6 Å². The van der Waals surface area contributed by atoms with Gasteiger partial charge in [0.1, 0.15) is 22.6 Å². The standard InChI is InChI=1S/C24H25Cl4NO4/c25-20-15-19(32-13-8-22(27)28)16-21(26)23(20)33-12-5-11-31-18-7-4-6-17(14-18)24(30)29-9-2-1-3-10-29/h4,6-8,14-16H,1-3,5,9-13H2. The lowest BCUT2D eigenvalue weighted by atomic mass is 10.1. The Morgan fingerprint density at radius 1 is 0.909 bits per heavy atom. The Labute approximate surface area is 214 Å². The maximum atomic E-state index is 12.7. The van der Waals surface area contributed by atoms with Crippen molar-refractivity contribution in [2.75, 3.05) is 32.9 Å². The molecule has 0 bridgehead atoms. The molecule has 1 fully saturated rings. The number of likely N-dealkylation sites (tertiary alicyclic amines) is 1. The van der Waals surface area contributed by atoms with E-state index >= 15 is 0 Å². The van der Waals surface area contributed by atoms with Crippen LogP contribution in [0.5, 0.6) is 17.2 Å². The van der Waals surface area contributed by atoms with Gasteiger partial charge in [-0.25, -0.2) is 0 Å². The highest BCUT2D eigenvalue weighted by Crippen LogP contribution is 2.37. The van der Waals surface area contributed by atoms with Crippen LogP contribution in [0.1, 0.15) is 36.0 Å². The van der Waals surface area contributed by atoms with E-state index in [1.54, 1.807) is 18.2 Å². The number of amides is 1. The van der Waals surface area contributed by atoms with Crippen LogP contribution in [0.3, 0.4) is 0 Å². The van der Waals surface area contributed by atoms with Crippen molar-refractivity contribution < 1.29 is 19.0 Å². The van der Waals surface area contributed by atoms with Gasteiger partial charge in [-0.15, -0.1) is 0 Å². The summed E-state index contributed by atoms with van der Waals surface area (Å²) in [4.78, 5) is 14.6. The fourth-order valence-corrected chi connectivity index (χ4v) is 4.08. The Kier molecular flexibility index (Phi) is 10.3. The molecule has 0 unspecified atom stereocenters. The van der Waals surface area contributed by atoms with Crippen LogP contribution in [0, 0.1) is 0 Å². The highest BCUT2D eigenvalue weighted by Gasteiger charge is 2.18. The third-order valence-corrected chi connectivity index (χ3v) is 5.86. The summed E-state index contributed by atoms with van der Waals surface area (Å²) in [5.41, 5.74) is 0.648. The highest BCUT2D eigenvalue weighted by atomic mass is 35.5. The monoisotopic (exact) mass is 531 g/mol. The molecule has 1 aliphatic heterocycles. The zero-order valence-corrected chi connectivity index (χ0v) is 21.0. The first-order chi connectivity index (χ1) is 15.9. The minimum Gasteiger partial charge on any atom is -0.493 e. The van der Waals surface area contributed by atoms with E-state index < -0.39 is 0 Å². The number of hydrogen-bond donors (Lipinski definition) is 0. The van der Waals surface area contributed by atoms with Gasteiger partial charge in [0.25, 0.3) is 5.91 Å².